The van der Waals surface area contributed by atoms with Crippen LogP contribution in [0.5, 0.6) is 0 Å². The lowest BCUT2D eigenvalue weighted by atomic mass is 9.72. The first-order chi connectivity index (χ1) is 14.3. The third kappa shape index (κ3) is 4.01. The molecule has 0 fully saturated rings. The number of aliphatic hydroxyl groups is 1. The van der Waals surface area contributed by atoms with Crippen LogP contribution in [0.3, 0.4) is 0 Å². The van der Waals surface area contributed by atoms with E-state index in [0.29, 0.717) is 22.6 Å². The fourth-order valence-corrected chi connectivity index (χ4v) is 5.59. The minimum atomic E-state index is -1.36. The van der Waals surface area contributed by atoms with E-state index in [9.17, 15) is 13.9 Å². The van der Waals surface area contributed by atoms with Crippen LogP contribution in [0.15, 0.2) is 75.7 Å². The summed E-state index contributed by atoms with van der Waals surface area (Å²) >= 11 is 13.2. The van der Waals surface area contributed by atoms with Crippen LogP contribution in [0.4, 0.5) is 8.78 Å². The quantitative estimate of drug-likeness (QED) is 0.326. The number of rotatable bonds is 3. The molecule has 0 saturated heterocycles. The molecule has 3 aromatic carbocycles. The van der Waals surface area contributed by atoms with E-state index in [1.807, 2.05) is 36.4 Å². The molecule has 0 spiro atoms. The van der Waals surface area contributed by atoms with Crippen molar-refractivity contribution >= 4 is 49.0 Å². The Morgan fingerprint density at radius 3 is 2.40 bits per heavy atom. The van der Waals surface area contributed by atoms with Crippen molar-refractivity contribution in [2.45, 2.75) is 24.4 Å². The largest absolute Gasteiger partial charge is 0.381 e. The van der Waals surface area contributed by atoms with Crippen LogP contribution in [0.25, 0.3) is 5.57 Å². The highest BCUT2D eigenvalue weighted by atomic mass is 79.9. The monoisotopic (exact) mass is 552 g/mol. The van der Waals surface area contributed by atoms with Crippen molar-refractivity contribution in [1.29, 1.82) is 0 Å². The topological polar surface area (TPSA) is 20.2 Å². The third-order valence-electron chi connectivity index (χ3n) is 5.50. The lowest BCUT2D eigenvalue weighted by Gasteiger charge is -2.37. The molecule has 2 unspecified atom stereocenters. The highest BCUT2D eigenvalue weighted by Crippen LogP contribution is 2.49. The second kappa shape index (κ2) is 8.54. The van der Waals surface area contributed by atoms with Gasteiger partial charge >= 0.3 is 0 Å². The van der Waals surface area contributed by atoms with Crippen LogP contribution in [-0.4, -0.2) is 5.11 Å². The Bertz CT molecular complexity index is 1150. The predicted molar refractivity (Wildman–Crippen MR) is 124 cm³/mol. The molecule has 0 amide bonds. The van der Waals surface area contributed by atoms with Crippen molar-refractivity contribution in [3.63, 3.8) is 0 Å². The fraction of sp³-hybridized carbons (Fsp3) is 0.167. The summed E-state index contributed by atoms with van der Waals surface area (Å²) in [6, 6.07) is 17.6. The maximum Gasteiger partial charge on any atom is 0.173 e. The summed E-state index contributed by atoms with van der Waals surface area (Å²) in [6.45, 7) is 0. The summed E-state index contributed by atoms with van der Waals surface area (Å²) in [6.07, 6.45) is 2.67. The molecule has 0 radical (unpaired) electrons. The van der Waals surface area contributed by atoms with Gasteiger partial charge in [-0.1, -0.05) is 70.0 Å². The van der Waals surface area contributed by atoms with Gasteiger partial charge in [0.2, 0.25) is 0 Å². The highest BCUT2D eigenvalue weighted by molar-refractivity contribution is 9.10. The Morgan fingerprint density at radius 1 is 0.967 bits per heavy atom. The Balaban J connectivity index is 1.89. The molecule has 2 atom stereocenters. The van der Waals surface area contributed by atoms with Gasteiger partial charge in [0.1, 0.15) is 5.60 Å². The Morgan fingerprint density at radius 2 is 1.67 bits per heavy atom. The van der Waals surface area contributed by atoms with Crippen LogP contribution in [0.1, 0.15) is 35.4 Å². The molecule has 1 aliphatic carbocycles. The molecule has 4 rings (SSSR count). The first-order valence-corrected chi connectivity index (χ1v) is 11.3. The fourth-order valence-electron chi connectivity index (χ4n) is 4.10. The summed E-state index contributed by atoms with van der Waals surface area (Å²) in [7, 11) is 0. The minimum Gasteiger partial charge on any atom is -0.381 e. The lowest BCUT2D eigenvalue weighted by molar-refractivity contribution is 0.0671. The first-order valence-electron chi connectivity index (χ1n) is 9.37. The lowest BCUT2D eigenvalue weighted by Crippen LogP contribution is -2.30. The zero-order valence-electron chi connectivity index (χ0n) is 15.7. The van der Waals surface area contributed by atoms with Crippen LogP contribution in [-0.2, 0) is 5.60 Å². The van der Waals surface area contributed by atoms with E-state index in [4.69, 9.17) is 11.6 Å². The molecule has 1 nitrogen and oxygen atoms in total. The van der Waals surface area contributed by atoms with Crippen molar-refractivity contribution in [2.24, 2.45) is 0 Å². The smallest absolute Gasteiger partial charge is 0.173 e. The summed E-state index contributed by atoms with van der Waals surface area (Å²) < 4.78 is 29.0. The van der Waals surface area contributed by atoms with Gasteiger partial charge in [-0.05, 0) is 75.7 Å². The molecule has 0 bridgehead atoms. The standard InChI is InChI=1S/C24H17Br2ClF2O/c25-19-7-3-1-5-16(19)14-11-15(17-9-10-21(28)23(29)22(17)26)13-24(30,12-14)18-6-2-4-8-20(18)27/h1-10,12,15,30H,11,13H2. The zero-order chi connectivity index (χ0) is 21.5. The molecular weight excluding hydrogens is 538 g/mol. The molecule has 0 aliphatic heterocycles. The average Bonchev–Trinajstić information content (AvgIpc) is 2.72. The number of benzene rings is 3. The van der Waals surface area contributed by atoms with Gasteiger partial charge < -0.3 is 5.11 Å². The molecule has 0 heterocycles. The highest BCUT2D eigenvalue weighted by Gasteiger charge is 2.38. The SMILES string of the molecule is OC1(c2ccccc2Cl)C=C(c2ccccc2Br)CC(c2ccc(F)c(F)c2Br)C1. The van der Waals surface area contributed by atoms with Gasteiger partial charge in [0.05, 0.1) is 4.47 Å². The van der Waals surface area contributed by atoms with E-state index in [2.05, 4.69) is 31.9 Å². The van der Waals surface area contributed by atoms with Crippen LogP contribution in [0.2, 0.25) is 5.02 Å². The normalized spacial score (nSPS) is 21.4. The van der Waals surface area contributed by atoms with Gasteiger partial charge in [-0.15, -0.1) is 0 Å². The molecule has 3 aromatic rings. The van der Waals surface area contributed by atoms with Crippen molar-refractivity contribution in [1.82, 2.24) is 0 Å². The van der Waals surface area contributed by atoms with Gasteiger partial charge in [0, 0.05) is 15.1 Å². The van der Waals surface area contributed by atoms with Crippen LogP contribution >= 0.6 is 43.5 Å². The Kier molecular flexibility index (Phi) is 6.18. The van der Waals surface area contributed by atoms with E-state index < -0.39 is 17.2 Å². The van der Waals surface area contributed by atoms with Gasteiger partial charge in [-0.25, -0.2) is 8.78 Å². The van der Waals surface area contributed by atoms with Crippen molar-refractivity contribution in [3.05, 3.63) is 109 Å². The average molecular weight is 555 g/mol. The first kappa shape index (κ1) is 21.7. The molecular formula is C24H17Br2ClF2O. The summed E-state index contributed by atoms with van der Waals surface area (Å²) in [5, 5.41) is 12.2. The second-order valence-corrected chi connectivity index (χ2v) is 9.48. The van der Waals surface area contributed by atoms with Gasteiger partial charge in [-0.2, -0.15) is 0 Å². The maximum atomic E-state index is 14.3. The molecule has 30 heavy (non-hydrogen) atoms. The van der Waals surface area contributed by atoms with E-state index >= 15 is 0 Å². The van der Waals surface area contributed by atoms with Crippen molar-refractivity contribution in [2.75, 3.05) is 0 Å². The number of hydrogen-bond acceptors (Lipinski definition) is 1. The Hall–Kier alpha value is -1.53. The third-order valence-corrected chi connectivity index (χ3v) is 7.33. The van der Waals surface area contributed by atoms with E-state index in [1.165, 1.54) is 0 Å². The maximum absolute atomic E-state index is 14.3. The van der Waals surface area contributed by atoms with Gasteiger partial charge in [0.15, 0.2) is 11.6 Å². The summed E-state index contributed by atoms with van der Waals surface area (Å²) in [5.41, 5.74) is 1.66. The molecule has 6 heteroatoms. The summed E-state index contributed by atoms with van der Waals surface area (Å²) in [4.78, 5) is 0. The number of allylic oxidation sites excluding steroid dienone is 1. The number of halogens is 5. The van der Waals surface area contributed by atoms with Crippen LogP contribution < -0.4 is 0 Å². The van der Waals surface area contributed by atoms with Crippen molar-refractivity contribution < 1.29 is 13.9 Å². The van der Waals surface area contributed by atoms with E-state index in [0.717, 1.165) is 21.7 Å². The van der Waals surface area contributed by atoms with Crippen LogP contribution in [0, 0.1) is 11.6 Å². The molecule has 1 aliphatic rings. The second-order valence-electron chi connectivity index (χ2n) is 7.42. The molecule has 0 aromatic heterocycles. The van der Waals surface area contributed by atoms with Gasteiger partial charge in [0.25, 0.3) is 0 Å². The predicted octanol–water partition coefficient (Wildman–Crippen LogP) is 7.99. The van der Waals surface area contributed by atoms with Crippen molar-refractivity contribution in [3.8, 4) is 0 Å². The minimum absolute atomic E-state index is 0.0855. The van der Waals surface area contributed by atoms with Gasteiger partial charge in [-0.3, -0.25) is 0 Å². The van der Waals surface area contributed by atoms with E-state index in [-0.39, 0.29) is 16.8 Å². The molecule has 154 valence electrons. The van der Waals surface area contributed by atoms with E-state index in [1.54, 1.807) is 24.3 Å². The Labute approximate surface area is 195 Å². The summed E-state index contributed by atoms with van der Waals surface area (Å²) in [5.74, 6) is -2.10. The zero-order valence-corrected chi connectivity index (χ0v) is 19.6. The molecule has 0 saturated carbocycles. The number of hydrogen-bond donors (Lipinski definition) is 1. The molecule has 1 N–H and O–H groups in total.